The van der Waals surface area contributed by atoms with Gasteiger partial charge >= 0.3 is 0 Å². The Hall–Kier alpha value is -2.29. The van der Waals surface area contributed by atoms with Gasteiger partial charge in [-0.25, -0.2) is 0 Å². The van der Waals surface area contributed by atoms with E-state index in [4.69, 9.17) is 4.74 Å². The van der Waals surface area contributed by atoms with Crippen LogP contribution in [0.2, 0.25) is 0 Å². The van der Waals surface area contributed by atoms with Crippen LogP contribution in [0.3, 0.4) is 0 Å². The molecule has 3 heteroatoms. The molecule has 0 heterocycles. The summed E-state index contributed by atoms with van der Waals surface area (Å²) in [7, 11) is 1.64. The molecule has 3 rings (SSSR count). The van der Waals surface area contributed by atoms with Crippen molar-refractivity contribution in [2.24, 2.45) is 5.92 Å². The van der Waals surface area contributed by atoms with Gasteiger partial charge in [0.25, 0.3) is 0 Å². The normalized spacial score (nSPS) is 20.4. The second kappa shape index (κ2) is 8.00. The van der Waals surface area contributed by atoms with Gasteiger partial charge in [0.05, 0.1) is 7.11 Å². The molecule has 0 aliphatic heterocycles. The SMILES string of the molecule is COc1ccc(NC(=O)C[C@H]2CC[C@@H](c3ccccc3)CC2)cc1. The molecule has 0 radical (unpaired) electrons. The Morgan fingerprint density at radius 2 is 1.67 bits per heavy atom. The molecule has 1 amide bonds. The van der Waals surface area contributed by atoms with Gasteiger partial charge in [-0.1, -0.05) is 30.3 Å². The first-order chi connectivity index (χ1) is 11.7. The Kier molecular flexibility index (Phi) is 5.52. The van der Waals surface area contributed by atoms with Crippen LogP contribution in [0, 0.1) is 5.92 Å². The first kappa shape index (κ1) is 16.6. The van der Waals surface area contributed by atoms with Gasteiger partial charge in [-0.3, -0.25) is 4.79 Å². The van der Waals surface area contributed by atoms with Gasteiger partial charge < -0.3 is 10.1 Å². The zero-order valence-electron chi connectivity index (χ0n) is 14.2. The van der Waals surface area contributed by atoms with E-state index in [-0.39, 0.29) is 5.91 Å². The van der Waals surface area contributed by atoms with Gasteiger partial charge in [0.2, 0.25) is 5.91 Å². The molecule has 1 aliphatic rings. The van der Waals surface area contributed by atoms with E-state index < -0.39 is 0 Å². The van der Waals surface area contributed by atoms with Crippen LogP contribution in [-0.2, 0) is 4.79 Å². The van der Waals surface area contributed by atoms with Crippen LogP contribution in [0.25, 0.3) is 0 Å². The second-order valence-electron chi connectivity index (χ2n) is 6.61. The summed E-state index contributed by atoms with van der Waals surface area (Å²) in [6, 6.07) is 18.2. The smallest absolute Gasteiger partial charge is 0.224 e. The average Bonchev–Trinajstić information content (AvgIpc) is 2.64. The lowest BCUT2D eigenvalue weighted by Gasteiger charge is -2.28. The highest BCUT2D eigenvalue weighted by atomic mass is 16.5. The zero-order chi connectivity index (χ0) is 16.8. The molecule has 126 valence electrons. The Balaban J connectivity index is 1.46. The fourth-order valence-corrected chi connectivity index (χ4v) is 3.57. The lowest BCUT2D eigenvalue weighted by molar-refractivity contribution is -0.117. The van der Waals surface area contributed by atoms with Gasteiger partial charge in [-0.15, -0.1) is 0 Å². The number of rotatable bonds is 5. The van der Waals surface area contributed by atoms with Crippen molar-refractivity contribution in [3.63, 3.8) is 0 Å². The summed E-state index contributed by atoms with van der Waals surface area (Å²) in [5.41, 5.74) is 2.28. The Labute approximate surface area is 144 Å². The summed E-state index contributed by atoms with van der Waals surface area (Å²) in [4.78, 5) is 12.2. The molecule has 1 fully saturated rings. The molecule has 0 spiro atoms. The zero-order valence-corrected chi connectivity index (χ0v) is 14.2. The summed E-state index contributed by atoms with van der Waals surface area (Å²) < 4.78 is 5.13. The van der Waals surface area contributed by atoms with Gasteiger partial charge in [0, 0.05) is 12.1 Å². The third-order valence-electron chi connectivity index (χ3n) is 4.97. The van der Waals surface area contributed by atoms with Crippen molar-refractivity contribution in [3.8, 4) is 5.75 Å². The summed E-state index contributed by atoms with van der Waals surface area (Å²) in [6.45, 7) is 0. The highest BCUT2D eigenvalue weighted by Gasteiger charge is 2.23. The first-order valence-electron chi connectivity index (χ1n) is 8.73. The minimum absolute atomic E-state index is 0.114. The number of hydrogen-bond donors (Lipinski definition) is 1. The maximum absolute atomic E-state index is 12.2. The predicted molar refractivity (Wildman–Crippen MR) is 97.4 cm³/mol. The lowest BCUT2D eigenvalue weighted by Crippen LogP contribution is -2.20. The Morgan fingerprint density at radius 1 is 1.00 bits per heavy atom. The van der Waals surface area contributed by atoms with E-state index in [1.54, 1.807) is 7.11 Å². The van der Waals surface area contributed by atoms with E-state index >= 15 is 0 Å². The Morgan fingerprint density at radius 3 is 2.29 bits per heavy atom. The molecule has 24 heavy (non-hydrogen) atoms. The van der Waals surface area contributed by atoms with Crippen molar-refractivity contribution in [1.82, 2.24) is 0 Å². The molecule has 0 unspecified atom stereocenters. The quantitative estimate of drug-likeness (QED) is 0.841. The molecule has 1 aliphatic carbocycles. The van der Waals surface area contributed by atoms with Crippen LogP contribution in [0.4, 0.5) is 5.69 Å². The number of amides is 1. The van der Waals surface area contributed by atoms with Gasteiger partial charge in [-0.2, -0.15) is 0 Å². The highest BCUT2D eigenvalue weighted by molar-refractivity contribution is 5.90. The molecule has 1 saturated carbocycles. The van der Waals surface area contributed by atoms with E-state index in [0.29, 0.717) is 18.3 Å². The lowest BCUT2D eigenvalue weighted by atomic mass is 9.77. The minimum Gasteiger partial charge on any atom is -0.497 e. The average molecular weight is 323 g/mol. The largest absolute Gasteiger partial charge is 0.497 e. The monoisotopic (exact) mass is 323 g/mol. The maximum atomic E-state index is 12.2. The Bertz CT molecular complexity index is 643. The van der Waals surface area contributed by atoms with Gasteiger partial charge in [0.15, 0.2) is 0 Å². The van der Waals surface area contributed by atoms with Crippen molar-refractivity contribution >= 4 is 11.6 Å². The van der Waals surface area contributed by atoms with Gasteiger partial charge in [-0.05, 0) is 67.3 Å². The van der Waals surface area contributed by atoms with Crippen LogP contribution in [0.1, 0.15) is 43.6 Å². The summed E-state index contributed by atoms with van der Waals surface area (Å²) in [5, 5.41) is 2.99. The third-order valence-corrected chi connectivity index (χ3v) is 4.97. The molecule has 3 nitrogen and oxygen atoms in total. The topological polar surface area (TPSA) is 38.3 Å². The summed E-state index contributed by atoms with van der Waals surface area (Å²) >= 11 is 0. The van der Waals surface area contributed by atoms with E-state index in [9.17, 15) is 4.79 Å². The molecule has 0 saturated heterocycles. The number of anilines is 1. The third kappa shape index (κ3) is 4.38. The van der Waals surface area contributed by atoms with E-state index in [1.165, 1.54) is 18.4 Å². The number of nitrogens with one attached hydrogen (secondary N) is 1. The van der Waals surface area contributed by atoms with Crippen LogP contribution in [0.15, 0.2) is 54.6 Å². The summed E-state index contributed by atoms with van der Waals surface area (Å²) in [6.07, 6.45) is 5.26. The standard InChI is InChI=1S/C21H25NO2/c1-24-20-13-11-19(12-14-20)22-21(23)15-16-7-9-18(10-8-16)17-5-3-2-4-6-17/h2-6,11-14,16,18H,7-10,15H2,1H3,(H,22,23)/t16-,18+. The molecule has 2 aromatic rings. The predicted octanol–water partition coefficient (Wildman–Crippen LogP) is 5.00. The fourth-order valence-electron chi connectivity index (χ4n) is 3.57. The van der Waals surface area contributed by atoms with Crippen molar-refractivity contribution in [3.05, 3.63) is 60.2 Å². The van der Waals surface area contributed by atoms with Crippen LogP contribution < -0.4 is 10.1 Å². The molecule has 2 aromatic carbocycles. The first-order valence-corrected chi connectivity index (χ1v) is 8.73. The highest BCUT2D eigenvalue weighted by Crippen LogP contribution is 2.37. The van der Waals surface area contributed by atoms with E-state index in [1.807, 2.05) is 24.3 Å². The summed E-state index contributed by atoms with van der Waals surface area (Å²) in [5.74, 6) is 2.07. The molecule has 0 atom stereocenters. The van der Waals surface area contributed by atoms with Crippen LogP contribution >= 0.6 is 0 Å². The number of hydrogen-bond acceptors (Lipinski definition) is 2. The number of benzene rings is 2. The van der Waals surface area contributed by atoms with Crippen LogP contribution in [0.5, 0.6) is 5.75 Å². The second-order valence-corrected chi connectivity index (χ2v) is 6.61. The molecule has 0 aromatic heterocycles. The van der Waals surface area contributed by atoms with Crippen molar-refractivity contribution < 1.29 is 9.53 Å². The van der Waals surface area contributed by atoms with Crippen molar-refractivity contribution in [2.75, 3.05) is 12.4 Å². The fraction of sp³-hybridized carbons (Fsp3) is 0.381. The number of carbonyl (C=O) groups is 1. The number of carbonyl (C=O) groups excluding carboxylic acids is 1. The molecule has 0 bridgehead atoms. The molecule has 1 N–H and O–H groups in total. The minimum atomic E-state index is 0.114. The van der Waals surface area contributed by atoms with Crippen molar-refractivity contribution in [2.45, 2.75) is 38.0 Å². The van der Waals surface area contributed by atoms with E-state index in [2.05, 4.69) is 35.6 Å². The molecular weight excluding hydrogens is 298 g/mol. The molecular formula is C21H25NO2. The van der Waals surface area contributed by atoms with Gasteiger partial charge in [0.1, 0.15) is 5.75 Å². The number of ether oxygens (including phenoxy) is 1. The van der Waals surface area contributed by atoms with Crippen LogP contribution in [-0.4, -0.2) is 13.0 Å². The maximum Gasteiger partial charge on any atom is 0.224 e. The van der Waals surface area contributed by atoms with E-state index in [0.717, 1.165) is 24.3 Å². The number of methoxy groups -OCH3 is 1. The van der Waals surface area contributed by atoms with Crippen molar-refractivity contribution in [1.29, 1.82) is 0 Å².